The molecule has 0 aromatic heterocycles. The third-order valence-corrected chi connectivity index (χ3v) is 5.24. The Labute approximate surface area is 117 Å². The van der Waals surface area contributed by atoms with Crippen LogP contribution in [0.4, 0.5) is 4.79 Å². The van der Waals surface area contributed by atoms with Gasteiger partial charge < -0.3 is 15.3 Å². The predicted molar refractivity (Wildman–Crippen MR) is 74.5 cm³/mol. The molecule has 0 aromatic carbocycles. The lowest BCUT2D eigenvalue weighted by Gasteiger charge is -2.34. The lowest BCUT2D eigenvalue weighted by Crippen LogP contribution is -2.53. The van der Waals surface area contributed by atoms with E-state index in [-0.39, 0.29) is 17.3 Å². The topological polar surface area (TPSA) is 72.9 Å². The largest absolute Gasteiger partial charge is 0.480 e. The van der Waals surface area contributed by atoms with Gasteiger partial charge in [0, 0.05) is 37.5 Å². The van der Waals surface area contributed by atoms with Crippen molar-refractivity contribution in [3.05, 3.63) is 0 Å². The van der Waals surface area contributed by atoms with Crippen molar-refractivity contribution in [3.8, 4) is 0 Å². The molecule has 0 radical (unpaired) electrons. The first-order valence-electron chi connectivity index (χ1n) is 6.57. The molecule has 0 aromatic rings. The molecule has 0 atom stereocenters. The predicted octanol–water partition coefficient (Wildman–Crippen LogP) is 0.294. The van der Waals surface area contributed by atoms with E-state index in [1.165, 1.54) is 12.8 Å². The maximum atomic E-state index is 12.0. The van der Waals surface area contributed by atoms with Crippen LogP contribution in [0.3, 0.4) is 0 Å². The zero-order chi connectivity index (χ0) is 13.9. The summed E-state index contributed by atoms with van der Waals surface area (Å²) in [5.74, 6) is -0.812. The minimum atomic E-state index is -0.812. The van der Waals surface area contributed by atoms with Crippen molar-refractivity contribution in [2.24, 2.45) is 0 Å². The molecule has 1 saturated heterocycles. The van der Waals surface area contributed by atoms with Crippen molar-refractivity contribution in [2.45, 2.75) is 17.6 Å². The Morgan fingerprint density at radius 3 is 2.37 bits per heavy atom. The molecule has 19 heavy (non-hydrogen) atoms. The fourth-order valence-electron chi connectivity index (χ4n) is 2.24. The lowest BCUT2D eigenvalue weighted by molar-refractivity contribution is -0.138. The van der Waals surface area contributed by atoms with Crippen molar-refractivity contribution in [2.75, 3.05) is 45.5 Å². The number of hydrogen-bond donors (Lipinski definition) is 2. The average Bonchev–Trinajstić information content (AvgIpc) is 3.17. The quantitative estimate of drug-likeness (QED) is 0.760. The van der Waals surface area contributed by atoms with Gasteiger partial charge in [-0.1, -0.05) is 0 Å². The first-order valence-corrected chi connectivity index (χ1v) is 7.79. The zero-order valence-electron chi connectivity index (χ0n) is 11.2. The number of hydrogen-bond acceptors (Lipinski definition) is 4. The number of carbonyl (C=O) groups excluding carboxylic acids is 1. The second-order valence-electron chi connectivity index (χ2n) is 5.20. The van der Waals surface area contributed by atoms with Gasteiger partial charge in [-0.25, -0.2) is 4.79 Å². The van der Waals surface area contributed by atoms with Crippen LogP contribution < -0.4 is 5.32 Å². The number of carboxylic acid groups (broad SMARTS) is 1. The second kappa shape index (κ2) is 6.00. The van der Waals surface area contributed by atoms with Crippen molar-refractivity contribution >= 4 is 23.8 Å². The third-order valence-electron chi connectivity index (χ3n) is 3.82. The van der Waals surface area contributed by atoms with E-state index < -0.39 is 5.97 Å². The molecule has 2 aliphatic rings. The summed E-state index contributed by atoms with van der Waals surface area (Å²) in [7, 11) is 0. The van der Waals surface area contributed by atoms with E-state index in [2.05, 4.69) is 11.6 Å². The van der Waals surface area contributed by atoms with Crippen LogP contribution in [0.2, 0.25) is 0 Å². The number of rotatable bonds is 5. The van der Waals surface area contributed by atoms with E-state index in [0.717, 1.165) is 6.54 Å². The Balaban J connectivity index is 1.69. The van der Waals surface area contributed by atoms with Gasteiger partial charge in [-0.05, 0) is 19.1 Å². The highest BCUT2D eigenvalue weighted by Crippen LogP contribution is 2.46. The molecule has 7 heteroatoms. The van der Waals surface area contributed by atoms with Crippen LogP contribution in [-0.4, -0.2) is 77.2 Å². The molecule has 1 aliphatic heterocycles. The smallest absolute Gasteiger partial charge is 0.317 e. The normalized spacial score (nSPS) is 22.1. The zero-order valence-corrected chi connectivity index (χ0v) is 12.0. The van der Waals surface area contributed by atoms with Crippen molar-refractivity contribution in [1.29, 1.82) is 0 Å². The highest BCUT2D eigenvalue weighted by atomic mass is 32.2. The van der Waals surface area contributed by atoms with Crippen LogP contribution in [0.5, 0.6) is 0 Å². The molecule has 1 aliphatic carbocycles. The van der Waals surface area contributed by atoms with E-state index in [0.29, 0.717) is 26.2 Å². The van der Waals surface area contributed by atoms with E-state index in [4.69, 9.17) is 5.11 Å². The Morgan fingerprint density at radius 1 is 1.26 bits per heavy atom. The number of carboxylic acids is 1. The van der Waals surface area contributed by atoms with Crippen molar-refractivity contribution in [1.82, 2.24) is 15.1 Å². The molecule has 1 saturated carbocycles. The average molecular weight is 287 g/mol. The number of thioether (sulfide) groups is 1. The molecule has 2 rings (SSSR count). The van der Waals surface area contributed by atoms with Crippen LogP contribution in [0.15, 0.2) is 0 Å². The van der Waals surface area contributed by atoms with Gasteiger partial charge in [0.05, 0.1) is 6.54 Å². The molecular formula is C12H21N3O3S. The van der Waals surface area contributed by atoms with Gasteiger partial charge in [-0.15, -0.1) is 0 Å². The first-order chi connectivity index (χ1) is 9.04. The summed E-state index contributed by atoms with van der Waals surface area (Å²) in [6.07, 6.45) is 4.45. The Morgan fingerprint density at radius 2 is 1.89 bits per heavy atom. The van der Waals surface area contributed by atoms with Crippen LogP contribution in [0.25, 0.3) is 0 Å². The SMILES string of the molecule is CSC1(CNC(=O)N2CCN(CC(=O)O)CC2)CC1. The van der Waals surface area contributed by atoms with Gasteiger partial charge >= 0.3 is 12.0 Å². The standard InChI is InChI=1S/C12H21N3O3S/c1-19-12(2-3-12)9-13-11(18)15-6-4-14(5-7-15)8-10(16)17/h2-9H2,1H3,(H,13,18)(H,16,17). The van der Waals surface area contributed by atoms with Gasteiger partial charge in [-0.2, -0.15) is 11.8 Å². The summed E-state index contributed by atoms with van der Waals surface area (Å²) in [6, 6.07) is -0.0182. The van der Waals surface area contributed by atoms with Crippen LogP contribution in [0, 0.1) is 0 Å². The lowest BCUT2D eigenvalue weighted by atomic mass is 10.3. The summed E-state index contributed by atoms with van der Waals surface area (Å²) in [6.45, 7) is 3.27. The highest BCUT2D eigenvalue weighted by Gasteiger charge is 2.42. The molecule has 1 heterocycles. The number of nitrogens with one attached hydrogen (secondary N) is 1. The fourth-order valence-corrected chi connectivity index (χ4v) is 2.97. The van der Waals surface area contributed by atoms with E-state index in [1.54, 1.807) is 4.90 Å². The van der Waals surface area contributed by atoms with Gasteiger partial charge in [0.25, 0.3) is 0 Å². The molecule has 2 N–H and O–H groups in total. The number of aliphatic carboxylic acids is 1. The van der Waals surface area contributed by atoms with Crippen LogP contribution in [-0.2, 0) is 4.79 Å². The number of nitrogens with zero attached hydrogens (tertiary/aromatic N) is 2. The summed E-state index contributed by atoms with van der Waals surface area (Å²) in [4.78, 5) is 26.2. The molecule has 108 valence electrons. The minimum Gasteiger partial charge on any atom is -0.480 e. The highest BCUT2D eigenvalue weighted by molar-refractivity contribution is 8.00. The van der Waals surface area contributed by atoms with Crippen LogP contribution >= 0.6 is 11.8 Å². The monoisotopic (exact) mass is 287 g/mol. The summed E-state index contributed by atoms with van der Waals surface area (Å²) >= 11 is 1.83. The van der Waals surface area contributed by atoms with Gasteiger partial charge in [-0.3, -0.25) is 9.69 Å². The molecule has 6 nitrogen and oxygen atoms in total. The second-order valence-corrected chi connectivity index (χ2v) is 6.48. The van der Waals surface area contributed by atoms with E-state index in [9.17, 15) is 9.59 Å². The Hall–Kier alpha value is -0.950. The van der Waals surface area contributed by atoms with E-state index in [1.807, 2.05) is 16.7 Å². The molecule has 0 bridgehead atoms. The number of urea groups is 1. The summed E-state index contributed by atoms with van der Waals surface area (Å²) < 4.78 is 0.279. The van der Waals surface area contributed by atoms with Gasteiger partial charge in [0.1, 0.15) is 0 Å². The molecule has 0 spiro atoms. The molecule has 2 fully saturated rings. The van der Waals surface area contributed by atoms with Crippen LogP contribution in [0.1, 0.15) is 12.8 Å². The number of carbonyl (C=O) groups is 2. The Kier molecular flexibility index (Phi) is 4.57. The number of piperazine rings is 1. The maximum Gasteiger partial charge on any atom is 0.317 e. The third kappa shape index (κ3) is 4.01. The van der Waals surface area contributed by atoms with E-state index >= 15 is 0 Å². The van der Waals surface area contributed by atoms with Gasteiger partial charge in [0.2, 0.25) is 0 Å². The first kappa shape index (κ1) is 14.5. The molecule has 0 unspecified atom stereocenters. The van der Waals surface area contributed by atoms with Crippen molar-refractivity contribution in [3.63, 3.8) is 0 Å². The summed E-state index contributed by atoms with van der Waals surface area (Å²) in [5, 5.41) is 11.7. The minimum absolute atomic E-state index is 0.0182. The Bertz CT molecular complexity index is 352. The summed E-state index contributed by atoms with van der Waals surface area (Å²) in [5.41, 5.74) is 0. The fraction of sp³-hybridized carbons (Fsp3) is 0.833. The molecule has 2 amide bonds. The van der Waals surface area contributed by atoms with Gasteiger partial charge in [0.15, 0.2) is 0 Å². The van der Waals surface area contributed by atoms with Crippen molar-refractivity contribution < 1.29 is 14.7 Å². The number of amides is 2. The maximum absolute atomic E-state index is 12.0. The molecular weight excluding hydrogens is 266 g/mol.